The van der Waals surface area contributed by atoms with E-state index in [9.17, 15) is 0 Å². The third-order valence-corrected chi connectivity index (χ3v) is 0.759. The maximum Gasteiger partial charge on any atom is 0.179 e. The number of hydrogen-bond acceptors (Lipinski definition) is 1. The molecule has 1 aliphatic heterocycles. The third-order valence-electron chi connectivity index (χ3n) is 0.759. The second kappa shape index (κ2) is 1.64. The molecule has 7 heavy (non-hydrogen) atoms. The summed E-state index contributed by atoms with van der Waals surface area (Å²) in [4.78, 5) is 0. The summed E-state index contributed by atoms with van der Waals surface area (Å²) in [7, 11) is 0. The maximum atomic E-state index is 6.92. The van der Waals surface area contributed by atoms with Crippen molar-refractivity contribution in [2.24, 2.45) is 0 Å². The van der Waals surface area contributed by atoms with E-state index in [1.807, 2.05) is 0 Å². The molecule has 0 saturated heterocycles. The normalized spacial score (nSPS) is 18.0. The fourth-order valence-corrected chi connectivity index (χ4v) is 0.413. The second-order valence-corrected chi connectivity index (χ2v) is 1.31. The van der Waals surface area contributed by atoms with Gasteiger partial charge in [-0.2, -0.15) is 0 Å². The summed E-state index contributed by atoms with van der Waals surface area (Å²) < 4.78 is 1.27. The Morgan fingerprint density at radius 3 is 2.86 bits per heavy atom. The average molecular weight is 97.1 g/mol. The summed E-state index contributed by atoms with van der Waals surface area (Å²) in [5, 5.41) is 2.92. The van der Waals surface area contributed by atoms with Gasteiger partial charge in [-0.25, -0.2) is 0 Å². The van der Waals surface area contributed by atoms with Gasteiger partial charge in [0.15, 0.2) is 12.4 Å². The van der Waals surface area contributed by atoms with Crippen LogP contribution in [0.3, 0.4) is 0 Å². The fraction of sp³-hybridized carbons (Fsp3) is 0.250. The molecule has 0 saturated carbocycles. The molecule has 0 spiro atoms. The summed E-state index contributed by atoms with van der Waals surface area (Å²) in [6, 6.07) is 0. The van der Waals surface area contributed by atoms with Gasteiger partial charge in [0.05, 0.1) is 12.7 Å². The number of nitrogens with one attached hydrogen (secondary N) is 2. The summed E-state index contributed by atoms with van der Waals surface area (Å²) in [6.45, 7) is 0.764. The zero-order chi connectivity index (χ0) is 5.11. The van der Waals surface area contributed by atoms with Crippen LogP contribution in [0.2, 0.25) is 0 Å². The van der Waals surface area contributed by atoms with Crippen molar-refractivity contribution in [1.29, 1.82) is 0 Å². The standard InChI is InChI=1S/C4H7N3/c5-7-3-1-6-2-4-7/h1,3-6H,2H2. The van der Waals surface area contributed by atoms with E-state index in [2.05, 4.69) is 5.32 Å². The molecule has 0 fully saturated rings. The van der Waals surface area contributed by atoms with Crippen molar-refractivity contribution in [3.05, 3.63) is 18.2 Å². The molecule has 2 N–H and O–H groups in total. The Kier molecular flexibility index (Phi) is 0.978. The van der Waals surface area contributed by atoms with Gasteiger partial charge in [0.25, 0.3) is 0 Å². The first-order valence-corrected chi connectivity index (χ1v) is 2.12. The Labute approximate surface area is 42.1 Å². The molecule has 1 rings (SSSR count). The Hall–Kier alpha value is -0.990. The molecule has 1 aliphatic rings. The molecule has 0 bridgehead atoms. The minimum Gasteiger partial charge on any atom is -0.449 e. The van der Waals surface area contributed by atoms with Gasteiger partial charge in [0.2, 0.25) is 0 Å². The van der Waals surface area contributed by atoms with E-state index in [0.717, 1.165) is 6.54 Å². The van der Waals surface area contributed by atoms with E-state index < -0.39 is 0 Å². The molecule has 0 amide bonds. The van der Waals surface area contributed by atoms with Crippen molar-refractivity contribution in [3.8, 4) is 0 Å². The van der Waals surface area contributed by atoms with E-state index in [1.165, 1.54) is 4.68 Å². The van der Waals surface area contributed by atoms with Gasteiger partial charge in [-0.15, -0.1) is 0 Å². The van der Waals surface area contributed by atoms with Crippen molar-refractivity contribution < 1.29 is 4.68 Å². The van der Waals surface area contributed by atoms with Crippen LogP contribution in [-0.2, 0) is 0 Å². The molecule has 0 radical (unpaired) electrons. The number of rotatable bonds is 0. The van der Waals surface area contributed by atoms with Gasteiger partial charge in [0, 0.05) is 0 Å². The summed E-state index contributed by atoms with van der Waals surface area (Å²) in [5.41, 5.74) is 0. The van der Waals surface area contributed by atoms with E-state index in [0.29, 0.717) is 0 Å². The van der Waals surface area contributed by atoms with Crippen LogP contribution in [0.5, 0.6) is 0 Å². The van der Waals surface area contributed by atoms with Crippen molar-refractivity contribution in [1.82, 2.24) is 5.32 Å². The lowest BCUT2D eigenvalue weighted by Gasteiger charge is -2.00. The minimum absolute atomic E-state index is 0.764. The van der Waals surface area contributed by atoms with Gasteiger partial charge < -0.3 is 11.2 Å². The van der Waals surface area contributed by atoms with Crippen LogP contribution in [0, 0.1) is 0 Å². The highest BCUT2D eigenvalue weighted by atomic mass is 15.3. The van der Waals surface area contributed by atoms with Crippen molar-refractivity contribution in [3.63, 3.8) is 0 Å². The minimum atomic E-state index is 0.764. The molecule has 0 aromatic carbocycles. The lowest BCUT2D eigenvalue weighted by atomic mass is 10.6. The van der Waals surface area contributed by atoms with Crippen LogP contribution < -0.4 is 5.32 Å². The van der Waals surface area contributed by atoms with Gasteiger partial charge in [-0.3, -0.25) is 4.68 Å². The van der Waals surface area contributed by atoms with Gasteiger partial charge in [-0.1, -0.05) is 0 Å². The van der Waals surface area contributed by atoms with Crippen LogP contribution in [0.1, 0.15) is 0 Å². The number of nitrogens with zero attached hydrogens (tertiary/aromatic N) is 1. The summed E-state index contributed by atoms with van der Waals surface area (Å²) >= 11 is 0. The average Bonchev–Trinajstić information content (AvgIpc) is 1.69. The predicted octanol–water partition coefficient (Wildman–Crippen LogP) is 0.111. The molecular formula is C4H7N3. The maximum absolute atomic E-state index is 6.92. The van der Waals surface area contributed by atoms with Crippen LogP contribution in [0.4, 0.5) is 0 Å². The third kappa shape index (κ3) is 0.924. The lowest BCUT2D eigenvalue weighted by Crippen LogP contribution is -2.17. The summed E-state index contributed by atoms with van der Waals surface area (Å²) in [6.07, 6.45) is 5.12. The first kappa shape index (κ1) is 4.18. The molecule has 0 unspecified atom stereocenters. The second-order valence-electron chi connectivity index (χ2n) is 1.31. The molecular weight excluding hydrogens is 90.1 g/mol. The lowest BCUT2D eigenvalue weighted by molar-refractivity contribution is -0.376. The highest BCUT2D eigenvalue weighted by Crippen LogP contribution is 1.77. The van der Waals surface area contributed by atoms with E-state index >= 15 is 0 Å². The molecule has 3 nitrogen and oxygen atoms in total. The highest BCUT2D eigenvalue weighted by molar-refractivity contribution is 5.55. The molecule has 3 heteroatoms. The Morgan fingerprint density at radius 1 is 1.71 bits per heavy atom. The first-order valence-electron chi connectivity index (χ1n) is 2.12. The largest absolute Gasteiger partial charge is 0.449 e. The van der Waals surface area contributed by atoms with Gasteiger partial charge in [-0.05, 0) is 0 Å². The molecule has 0 aromatic heterocycles. The fourth-order valence-electron chi connectivity index (χ4n) is 0.413. The van der Waals surface area contributed by atoms with Crippen LogP contribution in [-0.4, -0.2) is 17.4 Å². The highest BCUT2D eigenvalue weighted by Gasteiger charge is 1.87. The van der Waals surface area contributed by atoms with Crippen LogP contribution in [0.25, 0.3) is 5.84 Å². The zero-order valence-electron chi connectivity index (χ0n) is 3.89. The smallest absolute Gasteiger partial charge is 0.179 e. The van der Waals surface area contributed by atoms with Crippen LogP contribution in [0.15, 0.2) is 12.4 Å². The number of hydrogen-bond donors (Lipinski definition) is 1. The molecule has 0 aliphatic carbocycles. The Balaban J connectivity index is 2.58. The zero-order valence-corrected chi connectivity index (χ0v) is 3.89. The topological polar surface area (TPSA) is 38.8 Å². The quantitative estimate of drug-likeness (QED) is 0.428. The molecule has 0 atom stereocenters. The van der Waals surface area contributed by atoms with Crippen molar-refractivity contribution in [2.75, 3.05) is 6.54 Å². The first-order chi connectivity index (χ1) is 3.39. The molecule has 1 heterocycles. The summed E-state index contributed by atoms with van der Waals surface area (Å²) in [5.74, 6) is 6.92. The monoisotopic (exact) mass is 97.1 g/mol. The van der Waals surface area contributed by atoms with E-state index in [-0.39, 0.29) is 0 Å². The molecule has 38 valence electrons. The van der Waals surface area contributed by atoms with E-state index in [1.54, 1.807) is 18.6 Å². The van der Waals surface area contributed by atoms with E-state index in [4.69, 9.17) is 5.84 Å². The molecule has 0 aromatic rings. The SMILES string of the molecule is [NH-][N+]1=CCNC=C1. The Bertz CT molecular complexity index is 114. The predicted molar refractivity (Wildman–Crippen MR) is 27.8 cm³/mol. The van der Waals surface area contributed by atoms with Gasteiger partial charge in [0.1, 0.15) is 0 Å². The van der Waals surface area contributed by atoms with Crippen molar-refractivity contribution >= 4 is 6.21 Å². The van der Waals surface area contributed by atoms with Gasteiger partial charge >= 0.3 is 0 Å². The van der Waals surface area contributed by atoms with Crippen molar-refractivity contribution in [2.45, 2.75) is 0 Å². The Morgan fingerprint density at radius 2 is 2.57 bits per heavy atom. The van der Waals surface area contributed by atoms with Crippen LogP contribution >= 0.6 is 0 Å².